The van der Waals surface area contributed by atoms with Gasteiger partial charge in [0.25, 0.3) is 0 Å². The van der Waals surface area contributed by atoms with Crippen LogP contribution in [0.25, 0.3) is 0 Å². The van der Waals surface area contributed by atoms with E-state index in [2.05, 4.69) is 0 Å². The third kappa shape index (κ3) is 4.53. The molecule has 1 unspecified atom stereocenters. The van der Waals surface area contributed by atoms with Gasteiger partial charge >= 0.3 is 0 Å². The van der Waals surface area contributed by atoms with Crippen molar-refractivity contribution in [3.8, 4) is 17.2 Å². The van der Waals surface area contributed by atoms with Crippen molar-refractivity contribution in [1.29, 1.82) is 0 Å². The van der Waals surface area contributed by atoms with E-state index in [0.717, 1.165) is 12.8 Å². The Morgan fingerprint density at radius 3 is 2.06 bits per heavy atom. The number of hydrogen-bond donors (Lipinski definition) is 1. The Balaban J connectivity index is 2.63. The van der Waals surface area contributed by atoms with Crippen molar-refractivity contribution in [2.24, 2.45) is 0 Å². The fourth-order valence-corrected chi connectivity index (χ4v) is 1.47. The SMILES string of the molecule is CCCC(O)COc1cc(OC)cc(OC)c1. The van der Waals surface area contributed by atoms with E-state index < -0.39 is 6.10 Å². The summed E-state index contributed by atoms with van der Waals surface area (Å²) in [6.45, 7) is 2.31. The van der Waals surface area contributed by atoms with Crippen LogP contribution in [-0.2, 0) is 0 Å². The molecule has 1 N–H and O–H groups in total. The molecule has 0 fully saturated rings. The molecule has 1 atom stereocenters. The number of methoxy groups -OCH3 is 2. The highest BCUT2D eigenvalue weighted by atomic mass is 16.5. The Morgan fingerprint density at radius 1 is 1.06 bits per heavy atom. The van der Waals surface area contributed by atoms with Gasteiger partial charge in [0, 0.05) is 18.2 Å². The minimum atomic E-state index is -0.433. The lowest BCUT2D eigenvalue weighted by atomic mass is 10.2. The molecule has 0 amide bonds. The molecule has 0 bridgehead atoms. The normalized spacial score (nSPS) is 12.0. The standard InChI is InChI=1S/C13H20O4/c1-4-5-10(14)9-17-13-7-11(15-2)6-12(8-13)16-3/h6-8,10,14H,4-5,9H2,1-3H3. The van der Waals surface area contributed by atoms with Crippen molar-refractivity contribution >= 4 is 0 Å². The lowest BCUT2D eigenvalue weighted by Gasteiger charge is -2.13. The summed E-state index contributed by atoms with van der Waals surface area (Å²) in [7, 11) is 3.18. The third-order valence-electron chi connectivity index (χ3n) is 2.39. The van der Waals surface area contributed by atoms with Gasteiger partial charge < -0.3 is 19.3 Å². The second-order valence-electron chi connectivity index (χ2n) is 3.80. The molecule has 1 rings (SSSR count). The lowest BCUT2D eigenvalue weighted by Crippen LogP contribution is -2.16. The summed E-state index contributed by atoms with van der Waals surface area (Å²) >= 11 is 0. The molecule has 0 aliphatic rings. The van der Waals surface area contributed by atoms with E-state index in [1.807, 2.05) is 6.92 Å². The minimum Gasteiger partial charge on any atom is -0.496 e. The predicted molar refractivity (Wildman–Crippen MR) is 66.0 cm³/mol. The smallest absolute Gasteiger partial charge is 0.126 e. The van der Waals surface area contributed by atoms with Gasteiger partial charge in [0.2, 0.25) is 0 Å². The molecule has 96 valence electrons. The lowest BCUT2D eigenvalue weighted by molar-refractivity contribution is 0.0990. The van der Waals surface area contributed by atoms with Crippen LogP contribution < -0.4 is 14.2 Å². The van der Waals surface area contributed by atoms with Crippen LogP contribution in [0.1, 0.15) is 19.8 Å². The Labute approximate surface area is 102 Å². The Kier molecular flexibility index (Phi) is 5.63. The quantitative estimate of drug-likeness (QED) is 0.794. The number of hydrogen-bond acceptors (Lipinski definition) is 4. The second-order valence-corrected chi connectivity index (χ2v) is 3.80. The molecule has 4 heteroatoms. The number of aliphatic hydroxyl groups excluding tert-OH is 1. The largest absolute Gasteiger partial charge is 0.496 e. The molecule has 1 aromatic carbocycles. The average Bonchev–Trinajstić information content (AvgIpc) is 2.36. The zero-order valence-electron chi connectivity index (χ0n) is 10.6. The van der Waals surface area contributed by atoms with E-state index in [0.29, 0.717) is 17.2 Å². The number of benzene rings is 1. The minimum absolute atomic E-state index is 0.282. The van der Waals surface area contributed by atoms with Crippen LogP contribution in [0.4, 0.5) is 0 Å². The van der Waals surface area contributed by atoms with E-state index >= 15 is 0 Å². The van der Waals surface area contributed by atoms with E-state index in [1.165, 1.54) is 0 Å². The van der Waals surface area contributed by atoms with Gasteiger partial charge in [-0.3, -0.25) is 0 Å². The predicted octanol–water partition coefficient (Wildman–Crippen LogP) is 2.24. The summed E-state index contributed by atoms with van der Waals surface area (Å²) in [6.07, 6.45) is 1.24. The van der Waals surface area contributed by atoms with Gasteiger partial charge in [-0.25, -0.2) is 0 Å². The first-order valence-electron chi connectivity index (χ1n) is 5.73. The van der Waals surface area contributed by atoms with E-state index in [1.54, 1.807) is 32.4 Å². The van der Waals surface area contributed by atoms with Crippen molar-refractivity contribution < 1.29 is 19.3 Å². The molecule has 17 heavy (non-hydrogen) atoms. The first kappa shape index (κ1) is 13.6. The van der Waals surface area contributed by atoms with Crippen molar-refractivity contribution in [3.63, 3.8) is 0 Å². The van der Waals surface area contributed by atoms with Crippen molar-refractivity contribution in [1.82, 2.24) is 0 Å². The number of aliphatic hydroxyl groups is 1. The molecule has 1 aromatic rings. The van der Waals surface area contributed by atoms with Crippen LogP contribution >= 0.6 is 0 Å². The number of rotatable bonds is 7. The molecule has 0 aliphatic carbocycles. The van der Waals surface area contributed by atoms with E-state index in [-0.39, 0.29) is 6.61 Å². The Bertz CT molecular complexity index is 316. The summed E-state index contributed by atoms with van der Waals surface area (Å²) in [6, 6.07) is 5.30. The monoisotopic (exact) mass is 240 g/mol. The molecule has 0 heterocycles. The first-order chi connectivity index (χ1) is 8.19. The van der Waals surface area contributed by atoms with Gasteiger partial charge in [-0.2, -0.15) is 0 Å². The fraction of sp³-hybridized carbons (Fsp3) is 0.538. The Morgan fingerprint density at radius 2 is 1.59 bits per heavy atom. The first-order valence-corrected chi connectivity index (χ1v) is 5.73. The average molecular weight is 240 g/mol. The van der Waals surface area contributed by atoms with E-state index in [9.17, 15) is 5.11 Å². The molecule has 0 saturated heterocycles. The van der Waals surface area contributed by atoms with Crippen LogP contribution in [0.15, 0.2) is 18.2 Å². The summed E-state index contributed by atoms with van der Waals surface area (Å²) in [5.41, 5.74) is 0. The maximum atomic E-state index is 9.58. The number of ether oxygens (including phenoxy) is 3. The van der Waals surface area contributed by atoms with E-state index in [4.69, 9.17) is 14.2 Å². The van der Waals surface area contributed by atoms with Gasteiger partial charge in [0.15, 0.2) is 0 Å². The van der Waals surface area contributed by atoms with Crippen molar-refractivity contribution in [3.05, 3.63) is 18.2 Å². The van der Waals surface area contributed by atoms with Crippen LogP contribution in [0.2, 0.25) is 0 Å². The second kappa shape index (κ2) is 7.01. The van der Waals surface area contributed by atoms with Crippen LogP contribution in [0, 0.1) is 0 Å². The topological polar surface area (TPSA) is 47.9 Å². The summed E-state index contributed by atoms with van der Waals surface area (Å²) in [5.74, 6) is 1.98. The molecule has 4 nitrogen and oxygen atoms in total. The molecule has 0 radical (unpaired) electrons. The highest BCUT2D eigenvalue weighted by molar-refractivity contribution is 5.41. The molecule has 0 spiro atoms. The van der Waals surface area contributed by atoms with Crippen LogP contribution in [0.3, 0.4) is 0 Å². The highest BCUT2D eigenvalue weighted by Gasteiger charge is 2.06. The summed E-state index contributed by atoms with van der Waals surface area (Å²) in [4.78, 5) is 0. The van der Waals surface area contributed by atoms with Crippen molar-refractivity contribution in [2.45, 2.75) is 25.9 Å². The zero-order chi connectivity index (χ0) is 12.7. The van der Waals surface area contributed by atoms with Gasteiger partial charge in [-0.05, 0) is 6.42 Å². The fourth-order valence-electron chi connectivity index (χ4n) is 1.47. The van der Waals surface area contributed by atoms with Gasteiger partial charge in [0.1, 0.15) is 23.9 Å². The van der Waals surface area contributed by atoms with Gasteiger partial charge in [-0.1, -0.05) is 13.3 Å². The molecular weight excluding hydrogens is 220 g/mol. The highest BCUT2D eigenvalue weighted by Crippen LogP contribution is 2.27. The molecule has 0 aliphatic heterocycles. The van der Waals surface area contributed by atoms with Crippen LogP contribution in [0.5, 0.6) is 17.2 Å². The maximum absolute atomic E-state index is 9.58. The molecule has 0 saturated carbocycles. The van der Waals surface area contributed by atoms with Crippen LogP contribution in [-0.4, -0.2) is 32.0 Å². The van der Waals surface area contributed by atoms with Gasteiger partial charge in [-0.15, -0.1) is 0 Å². The Hall–Kier alpha value is -1.42. The molecule has 0 aromatic heterocycles. The summed E-state index contributed by atoms with van der Waals surface area (Å²) in [5, 5.41) is 9.58. The maximum Gasteiger partial charge on any atom is 0.126 e. The third-order valence-corrected chi connectivity index (χ3v) is 2.39. The summed E-state index contributed by atoms with van der Waals surface area (Å²) < 4.78 is 15.8. The van der Waals surface area contributed by atoms with Crippen molar-refractivity contribution in [2.75, 3.05) is 20.8 Å². The zero-order valence-corrected chi connectivity index (χ0v) is 10.6. The van der Waals surface area contributed by atoms with Gasteiger partial charge in [0.05, 0.1) is 20.3 Å². The molecular formula is C13H20O4.